The quantitative estimate of drug-likeness (QED) is 0.888. The van der Waals surface area contributed by atoms with Crippen molar-refractivity contribution in [2.24, 2.45) is 11.8 Å². The third kappa shape index (κ3) is 3.67. The minimum absolute atomic E-state index is 0.0130. The number of thiazole rings is 1. The molecule has 1 amide bonds. The maximum Gasteiger partial charge on any atom is 0.227 e. The van der Waals surface area contributed by atoms with Crippen molar-refractivity contribution < 1.29 is 9.53 Å². The molecule has 2 fully saturated rings. The maximum absolute atomic E-state index is 12.8. The Morgan fingerprint density at radius 3 is 2.84 bits per heavy atom. The van der Waals surface area contributed by atoms with E-state index in [-0.39, 0.29) is 17.9 Å². The molecule has 0 bridgehead atoms. The van der Waals surface area contributed by atoms with Crippen molar-refractivity contribution in [1.29, 1.82) is 0 Å². The van der Waals surface area contributed by atoms with Crippen LogP contribution in [0.4, 0.5) is 5.13 Å². The molecule has 6 nitrogen and oxygen atoms in total. The molecule has 2 aromatic heterocycles. The van der Waals surface area contributed by atoms with E-state index < -0.39 is 0 Å². The molecule has 2 aliphatic heterocycles. The van der Waals surface area contributed by atoms with E-state index in [1.54, 1.807) is 23.7 Å². The zero-order valence-corrected chi connectivity index (χ0v) is 14.8. The molecule has 4 rings (SSSR count). The number of hydrogen-bond donors (Lipinski definition) is 1. The normalized spacial score (nSPS) is 20.1. The van der Waals surface area contributed by atoms with Crippen LogP contribution in [-0.4, -0.2) is 42.2 Å². The lowest BCUT2D eigenvalue weighted by molar-refractivity contribution is -0.127. The highest BCUT2D eigenvalue weighted by Crippen LogP contribution is 2.31. The fourth-order valence-corrected chi connectivity index (χ4v) is 4.19. The van der Waals surface area contributed by atoms with Gasteiger partial charge in [0, 0.05) is 50.3 Å². The molecule has 4 heterocycles. The van der Waals surface area contributed by atoms with Gasteiger partial charge in [-0.15, -0.1) is 11.3 Å². The summed E-state index contributed by atoms with van der Waals surface area (Å²) in [7, 11) is 0. The Kier molecular flexibility index (Phi) is 4.94. The van der Waals surface area contributed by atoms with Crippen LogP contribution in [0.15, 0.2) is 36.1 Å². The van der Waals surface area contributed by atoms with Crippen molar-refractivity contribution in [3.8, 4) is 0 Å². The lowest BCUT2D eigenvalue weighted by Crippen LogP contribution is -2.54. The second-order valence-corrected chi connectivity index (χ2v) is 7.51. The largest absolute Gasteiger partial charge is 0.381 e. The lowest BCUT2D eigenvalue weighted by atomic mass is 9.87. The molecular formula is C18H22N4O2S. The SMILES string of the molecule is O=C(NC(c1cccnc1)C1CCOCC1)C1CN(c2nccs2)C1. The lowest BCUT2D eigenvalue weighted by Gasteiger charge is -2.39. The first-order valence-corrected chi connectivity index (χ1v) is 9.61. The van der Waals surface area contributed by atoms with E-state index >= 15 is 0 Å². The highest BCUT2D eigenvalue weighted by atomic mass is 32.1. The molecule has 0 aromatic carbocycles. The van der Waals surface area contributed by atoms with Crippen LogP contribution in [0.5, 0.6) is 0 Å². The van der Waals surface area contributed by atoms with Gasteiger partial charge in [-0.1, -0.05) is 6.07 Å². The summed E-state index contributed by atoms with van der Waals surface area (Å²) in [6.45, 7) is 3.01. The summed E-state index contributed by atoms with van der Waals surface area (Å²) < 4.78 is 5.49. The van der Waals surface area contributed by atoms with Gasteiger partial charge in [0.25, 0.3) is 0 Å². The molecule has 1 atom stereocenters. The molecule has 7 heteroatoms. The molecule has 2 saturated heterocycles. The van der Waals surface area contributed by atoms with Crippen LogP contribution in [0.1, 0.15) is 24.4 Å². The van der Waals surface area contributed by atoms with Gasteiger partial charge in [0.05, 0.1) is 12.0 Å². The first-order valence-electron chi connectivity index (χ1n) is 8.74. The number of pyridine rings is 1. The Labute approximate surface area is 151 Å². The third-order valence-electron chi connectivity index (χ3n) is 5.02. The van der Waals surface area contributed by atoms with Crippen molar-refractivity contribution in [2.75, 3.05) is 31.2 Å². The van der Waals surface area contributed by atoms with Gasteiger partial charge in [0.2, 0.25) is 5.91 Å². The molecule has 132 valence electrons. The van der Waals surface area contributed by atoms with Gasteiger partial charge in [-0.2, -0.15) is 0 Å². The van der Waals surface area contributed by atoms with Crippen molar-refractivity contribution in [1.82, 2.24) is 15.3 Å². The van der Waals surface area contributed by atoms with Crippen molar-refractivity contribution in [2.45, 2.75) is 18.9 Å². The van der Waals surface area contributed by atoms with E-state index in [0.29, 0.717) is 5.92 Å². The summed E-state index contributed by atoms with van der Waals surface area (Å²) in [6, 6.07) is 4.00. The van der Waals surface area contributed by atoms with E-state index in [1.807, 2.05) is 17.6 Å². The van der Waals surface area contributed by atoms with Gasteiger partial charge >= 0.3 is 0 Å². The highest BCUT2D eigenvalue weighted by Gasteiger charge is 2.36. The number of nitrogens with zero attached hydrogens (tertiary/aromatic N) is 3. The molecule has 0 saturated carbocycles. The molecule has 25 heavy (non-hydrogen) atoms. The van der Waals surface area contributed by atoms with Crippen LogP contribution < -0.4 is 10.2 Å². The van der Waals surface area contributed by atoms with Crippen molar-refractivity contribution in [3.05, 3.63) is 41.7 Å². The van der Waals surface area contributed by atoms with Gasteiger partial charge in [-0.3, -0.25) is 9.78 Å². The van der Waals surface area contributed by atoms with E-state index in [9.17, 15) is 4.79 Å². The second-order valence-electron chi connectivity index (χ2n) is 6.64. The average Bonchev–Trinajstić information content (AvgIpc) is 3.14. The molecule has 0 aliphatic carbocycles. The highest BCUT2D eigenvalue weighted by molar-refractivity contribution is 7.13. The fourth-order valence-electron chi connectivity index (χ4n) is 3.53. The van der Waals surface area contributed by atoms with E-state index in [2.05, 4.69) is 26.3 Å². The predicted octanol–water partition coefficient (Wildman–Crippen LogP) is 2.26. The first kappa shape index (κ1) is 16.5. The number of carbonyl (C=O) groups excluding carboxylic acids is 1. The number of carbonyl (C=O) groups is 1. The van der Waals surface area contributed by atoms with Gasteiger partial charge in [0.15, 0.2) is 5.13 Å². The molecule has 0 spiro atoms. The summed E-state index contributed by atoms with van der Waals surface area (Å²) >= 11 is 1.62. The predicted molar refractivity (Wildman–Crippen MR) is 96.5 cm³/mol. The molecule has 1 unspecified atom stereocenters. The molecule has 2 aromatic rings. The zero-order chi connectivity index (χ0) is 17.1. The summed E-state index contributed by atoms with van der Waals surface area (Å²) in [5.74, 6) is 0.563. The van der Waals surface area contributed by atoms with Crippen LogP contribution >= 0.6 is 11.3 Å². The van der Waals surface area contributed by atoms with Crippen LogP contribution in [0, 0.1) is 11.8 Å². The number of amides is 1. The van der Waals surface area contributed by atoms with Crippen LogP contribution in [0.25, 0.3) is 0 Å². The van der Waals surface area contributed by atoms with Gasteiger partial charge in [0.1, 0.15) is 0 Å². The van der Waals surface area contributed by atoms with Gasteiger partial charge < -0.3 is 15.0 Å². The Morgan fingerprint density at radius 2 is 2.16 bits per heavy atom. The van der Waals surface area contributed by atoms with E-state index in [1.165, 1.54) is 0 Å². The number of rotatable bonds is 5. The number of nitrogens with one attached hydrogen (secondary N) is 1. The van der Waals surface area contributed by atoms with Crippen molar-refractivity contribution in [3.63, 3.8) is 0 Å². The Morgan fingerprint density at radius 1 is 1.32 bits per heavy atom. The summed E-state index contributed by atoms with van der Waals surface area (Å²) in [6.07, 6.45) is 7.37. The second kappa shape index (κ2) is 7.49. The van der Waals surface area contributed by atoms with Crippen LogP contribution in [0.3, 0.4) is 0 Å². The topological polar surface area (TPSA) is 67.3 Å². The summed E-state index contributed by atoms with van der Waals surface area (Å²) in [5.41, 5.74) is 1.08. The average molecular weight is 358 g/mol. The van der Waals surface area contributed by atoms with Crippen molar-refractivity contribution >= 4 is 22.4 Å². The maximum atomic E-state index is 12.8. The number of anilines is 1. The van der Waals surface area contributed by atoms with Gasteiger partial charge in [-0.05, 0) is 30.4 Å². The van der Waals surface area contributed by atoms with Gasteiger partial charge in [-0.25, -0.2) is 4.98 Å². The molecule has 2 aliphatic rings. The molecule has 0 radical (unpaired) electrons. The number of aromatic nitrogens is 2. The minimum Gasteiger partial charge on any atom is -0.381 e. The standard InChI is InChI=1S/C18H22N4O2S/c23-17(15-11-22(12-15)18-20-6-9-25-18)21-16(13-3-7-24-8-4-13)14-2-1-5-19-10-14/h1-2,5-6,9-10,13,15-16H,3-4,7-8,11-12H2,(H,21,23). The molecular weight excluding hydrogens is 336 g/mol. The van der Waals surface area contributed by atoms with E-state index in [4.69, 9.17) is 4.74 Å². The Bertz CT molecular complexity index is 682. The third-order valence-corrected chi connectivity index (χ3v) is 5.85. The first-order chi connectivity index (χ1) is 12.3. The van der Waals surface area contributed by atoms with E-state index in [0.717, 1.165) is 49.8 Å². The van der Waals surface area contributed by atoms with Crippen LogP contribution in [-0.2, 0) is 9.53 Å². The smallest absolute Gasteiger partial charge is 0.227 e. The Balaban J connectivity index is 1.41. The summed E-state index contributed by atoms with van der Waals surface area (Å²) in [4.78, 5) is 23.5. The number of hydrogen-bond acceptors (Lipinski definition) is 6. The van der Waals surface area contributed by atoms with Crippen LogP contribution in [0.2, 0.25) is 0 Å². The number of ether oxygens (including phenoxy) is 1. The summed E-state index contributed by atoms with van der Waals surface area (Å²) in [5, 5.41) is 6.25. The molecule has 1 N–H and O–H groups in total. The fraction of sp³-hybridized carbons (Fsp3) is 0.500. The minimum atomic E-state index is 0.0130. The Hall–Kier alpha value is -1.99. The monoisotopic (exact) mass is 358 g/mol. The zero-order valence-electron chi connectivity index (χ0n) is 14.0.